The van der Waals surface area contributed by atoms with E-state index in [0.717, 1.165) is 12.0 Å². The lowest BCUT2D eigenvalue weighted by Gasteiger charge is -2.36. The smallest absolute Gasteiger partial charge is 0.0113 e. The third kappa shape index (κ3) is 6.17. The number of hydrogen-bond donors (Lipinski definition) is 1. The summed E-state index contributed by atoms with van der Waals surface area (Å²) in [5.41, 5.74) is 5.79. The average molecular weight is 255 g/mol. The van der Waals surface area contributed by atoms with Gasteiger partial charge in [0.25, 0.3) is 0 Å². The van der Waals surface area contributed by atoms with Crippen LogP contribution in [0.2, 0.25) is 0 Å². The normalized spacial score (nSPS) is 22.3. The molecule has 1 aliphatic heterocycles. The molecule has 3 heteroatoms. The van der Waals surface area contributed by atoms with Crippen LogP contribution in [0.4, 0.5) is 0 Å². The lowest BCUT2D eigenvalue weighted by molar-refractivity contribution is 0.130. The van der Waals surface area contributed by atoms with E-state index in [0.29, 0.717) is 6.04 Å². The molecule has 2 atom stereocenters. The van der Waals surface area contributed by atoms with Gasteiger partial charge in [0.1, 0.15) is 0 Å². The molecule has 0 aromatic carbocycles. The molecule has 0 saturated carbocycles. The van der Waals surface area contributed by atoms with Crippen molar-refractivity contribution in [3.8, 4) is 0 Å². The van der Waals surface area contributed by atoms with Crippen molar-refractivity contribution >= 4 is 0 Å². The Morgan fingerprint density at radius 1 is 1.17 bits per heavy atom. The largest absolute Gasteiger partial charge is 0.328 e. The van der Waals surface area contributed by atoms with Gasteiger partial charge in [-0.1, -0.05) is 13.3 Å². The van der Waals surface area contributed by atoms with Crippen LogP contribution in [-0.2, 0) is 0 Å². The minimum atomic E-state index is 0.369. The summed E-state index contributed by atoms with van der Waals surface area (Å²) in [5, 5.41) is 0. The molecule has 2 N–H and O–H groups in total. The molecule has 0 radical (unpaired) electrons. The van der Waals surface area contributed by atoms with Gasteiger partial charge in [0.05, 0.1) is 0 Å². The Bertz CT molecular complexity index is 208. The van der Waals surface area contributed by atoms with Crippen molar-refractivity contribution in [2.24, 2.45) is 11.7 Å². The third-order valence-corrected chi connectivity index (χ3v) is 4.21. The predicted molar refractivity (Wildman–Crippen MR) is 79.8 cm³/mol. The first-order valence-corrected chi connectivity index (χ1v) is 7.63. The molecule has 0 amide bonds. The van der Waals surface area contributed by atoms with Gasteiger partial charge in [-0.25, -0.2) is 0 Å². The fourth-order valence-electron chi connectivity index (χ4n) is 2.94. The maximum atomic E-state index is 5.79. The molecule has 1 heterocycles. The Kier molecular flexibility index (Phi) is 7.20. The molecule has 108 valence electrons. The Morgan fingerprint density at radius 3 is 2.28 bits per heavy atom. The van der Waals surface area contributed by atoms with E-state index in [1.807, 2.05) is 0 Å². The van der Waals surface area contributed by atoms with Crippen LogP contribution in [0.15, 0.2) is 0 Å². The second-order valence-corrected chi connectivity index (χ2v) is 6.51. The summed E-state index contributed by atoms with van der Waals surface area (Å²) >= 11 is 0. The summed E-state index contributed by atoms with van der Waals surface area (Å²) in [5.74, 6) is 0.819. The SMILES string of the molecule is CC(N)CCCC(C)CN1CCC(N(C)C)CC1. The summed E-state index contributed by atoms with van der Waals surface area (Å²) in [6, 6.07) is 1.17. The van der Waals surface area contributed by atoms with Gasteiger partial charge >= 0.3 is 0 Å². The van der Waals surface area contributed by atoms with Crippen molar-refractivity contribution in [2.45, 2.75) is 58.0 Å². The first kappa shape index (κ1) is 15.9. The molecule has 0 bridgehead atoms. The molecular weight excluding hydrogens is 222 g/mol. The lowest BCUT2D eigenvalue weighted by atomic mass is 9.99. The lowest BCUT2D eigenvalue weighted by Crippen LogP contribution is -2.43. The third-order valence-electron chi connectivity index (χ3n) is 4.21. The maximum Gasteiger partial charge on any atom is 0.0113 e. The molecule has 1 fully saturated rings. The average Bonchev–Trinajstić information content (AvgIpc) is 2.29. The Hall–Kier alpha value is -0.120. The number of nitrogens with zero attached hydrogens (tertiary/aromatic N) is 2. The van der Waals surface area contributed by atoms with Crippen molar-refractivity contribution in [3.63, 3.8) is 0 Å². The highest BCUT2D eigenvalue weighted by atomic mass is 15.2. The summed E-state index contributed by atoms with van der Waals surface area (Å²) in [7, 11) is 4.41. The van der Waals surface area contributed by atoms with Crippen LogP contribution in [0.3, 0.4) is 0 Å². The number of likely N-dealkylation sites (tertiary alicyclic amines) is 1. The monoisotopic (exact) mass is 255 g/mol. The Labute approximate surface area is 114 Å². The zero-order valence-electron chi connectivity index (χ0n) is 12.9. The highest BCUT2D eigenvalue weighted by molar-refractivity contribution is 4.77. The van der Waals surface area contributed by atoms with Crippen LogP contribution in [0.1, 0.15) is 46.0 Å². The van der Waals surface area contributed by atoms with Crippen LogP contribution in [0.25, 0.3) is 0 Å². The highest BCUT2D eigenvalue weighted by Gasteiger charge is 2.21. The second kappa shape index (κ2) is 8.13. The molecule has 18 heavy (non-hydrogen) atoms. The highest BCUT2D eigenvalue weighted by Crippen LogP contribution is 2.17. The minimum Gasteiger partial charge on any atom is -0.328 e. The van der Waals surface area contributed by atoms with Gasteiger partial charge in [-0.3, -0.25) is 0 Å². The minimum absolute atomic E-state index is 0.369. The quantitative estimate of drug-likeness (QED) is 0.757. The summed E-state index contributed by atoms with van der Waals surface area (Å²) < 4.78 is 0. The first-order chi connectivity index (χ1) is 8.49. The number of piperidine rings is 1. The van der Waals surface area contributed by atoms with Crippen molar-refractivity contribution in [3.05, 3.63) is 0 Å². The molecule has 2 unspecified atom stereocenters. The van der Waals surface area contributed by atoms with Crippen LogP contribution in [0, 0.1) is 5.92 Å². The first-order valence-electron chi connectivity index (χ1n) is 7.63. The number of nitrogens with two attached hydrogens (primary N) is 1. The zero-order valence-corrected chi connectivity index (χ0v) is 12.9. The number of hydrogen-bond acceptors (Lipinski definition) is 3. The summed E-state index contributed by atoms with van der Waals surface area (Å²) in [6.07, 6.45) is 6.45. The van der Waals surface area contributed by atoms with Gasteiger partial charge in [0.2, 0.25) is 0 Å². The van der Waals surface area contributed by atoms with Crippen molar-refractivity contribution in [1.29, 1.82) is 0 Å². The van der Waals surface area contributed by atoms with Crippen molar-refractivity contribution < 1.29 is 0 Å². The van der Waals surface area contributed by atoms with E-state index in [1.165, 1.54) is 51.7 Å². The molecule has 0 aromatic heterocycles. The van der Waals surface area contributed by atoms with Gasteiger partial charge in [0.15, 0.2) is 0 Å². The molecule has 1 rings (SSSR count). The summed E-state index contributed by atoms with van der Waals surface area (Å²) in [6.45, 7) is 8.33. The Balaban J connectivity index is 2.12. The predicted octanol–water partition coefficient (Wildman–Crippen LogP) is 2.17. The van der Waals surface area contributed by atoms with Gasteiger partial charge < -0.3 is 15.5 Å². The van der Waals surface area contributed by atoms with Gasteiger partial charge in [-0.2, -0.15) is 0 Å². The van der Waals surface area contributed by atoms with Gasteiger partial charge in [0, 0.05) is 18.6 Å². The molecule has 1 saturated heterocycles. The van der Waals surface area contributed by atoms with Crippen LogP contribution in [-0.4, -0.2) is 55.6 Å². The van der Waals surface area contributed by atoms with Gasteiger partial charge in [-0.05, 0) is 65.7 Å². The molecule has 1 aliphatic rings. The van der Waals surface area contributed by atoms with Crippen LogP contribution >= 0.6 is 0 Å². The molecule has 0 aromatic rings. The second-order valence-electron chi connectivity index (χ2n) is 6.51. The van der Waals surface area contributed by atoms with Crippen LogP contribution < -0.4 is 5.73 Å². The van der Waals surface area contributed by atoms with E-state index < -0.39 is 0 Å². The molecule has 0 aliphatic carbocycles. The fourth-order valence-corrected chi connectivity index (χ4v) is 2.94. The Morgan fingerprint density at radius 2 is 1.78 bits per heavy atom. The van der Waals surface area contributed by atoms with Crippen LogP contribution in [0.5, 0.6) is 0 Å². The summed E-state index contributed by atoms with van der Waals surface area (Å²) in [4.78, 5) is 5.03. The number of rotatable bonds is 7. The molecule has 3 nitrogen and oxygen atoms in total. The molecule has 0 spiro atoms. The van der Waals surface area contributed by atoms with E-state index in [-0.39, 0.29) is 0 Å². The van der Waals surface area contributed by atoms with Gasteiger partial charge in [-0.15, -0.1) is 0 Å². The van der Waals surface area contributed by atoms with E-state index in [9.17, 15) is 0 Å². The molecular formula is C15H33N3. The maximum absolute atomic E-state index is 5.79. The zero-order chi connectivity index (χ0) is 13.5. The van der Waals surface area contributed by atoms with E-state index in [1.54, 1.807) is 0 Å². The van der Waals surface area contributed by atoms with Crippen molar-refractivity contribution in [2.75, 3.05) is 33.7 Å². The van der Waals surface area contributed by atoms with Crippen molar-refractivity contribution in [1.82, 2.24) is 9.80 Å². The van der Waals surface area contributed by atoms with E-state index >= 15 is 0 Å². The standard InChI is InChI=1S/C15H33N3/c1-13(6-5-7-14(2)16)12-18-10-8-15(9-11-18)17(3)4/h13-15H,5-12,16H2,1-4H3. The fraction of sp³-hybridized carbons (Fsp3) is 1.00. The van der Waals surface area contributed by atoms with E-state index in [2.05, 4.69) is 37.7 Å². The topological polar surface area (TPSA) is 32.5 Å². The van der Waals surface area contributed by atoms with E-state index in [4.69, 9.17) is 5.73 Å².